The molecule has 0 amide bonds. The van der Waals surface area contributed by atoms with E-state index in [2.05, 4.69) is 58.5 Å². The molecule has 34 heavy (non-hydrogen) atoms. The first-order valence-electron chi connectivity index (χ1n) is 13.4. The van der Waals surface area contributed by atoms with Gasteiger partial charge in [-0.15, -0.1) is 6.58 Å². The van der Waals surface area contributed by atoms with Crippen LogP contribution in [0.25, 0.3) is 0 Å². The average molecular weight is 520 g/mol. The zero-order valence-corrected chi connectivity index (χ0v) is 28.0. The standard InChI is InChI=1S/C8H12Cl2.C8H10.C4H8.C4H10.4C2H6/c1-4-5-8(10)6(2)7(3)9;1-7-3-5-8(2)6-4-7;1-4(2)3;1-3-4-2;4*1-2/h5H,4H2,1-3H3;3-6H,1-2H3;1H2,2-3H3;3-4H2,1-2H3;4*1-2H3/b7-6+,8-5+;;;;;;;. The van der Waals surface area contributed by atoms with Crippen LogP contribution in [0.1, 0.15) is 134 Å². The largest absolute Gasteiger partial charge is 0.100 e. The number of benzene rings is 1. The Bertz CT molecular complexity index is 489. The summed E-state index contributed by atoms with van der Waals surface area (Å²) in [5.41, 5.74) is 4.79. The number of unbranched alkanes of at least 4 members (excludes halogenated alkanes) is 1. The van der Waals surface area contributed by atoms with Gasteiger partial charge in [0.25, 0.3) is 0 Å². The summed E-state index contributed by atoms with van der Waals surface area (Å²) in [5.74, 6) is 0. The van der Waals surface area contributed by atoms with Crippen LogP contribution in [0.4, 0.5) is 0 Å². The molecule has 0 aromatic heterocycles. The average Bonchev–Trinajstić information content (AvgIpc) is 2.85. The van der Waals surface area contributed by atoms with Crippen molar-refractivity contribution in [3.8, 4) is 0 Å². The van der Waals surface area contributed by atoms with Crippen molar-refractivity contribution in [3.63, 3.8) is 0 Å². The third-order valence-electron chi connectivity index (χ3n) is 2.98. The molecule has 0 saturated carbocycles. The lowest BCUT2D eigenvalue weighted by Gasteiger charge is -1.98. The summed E-state index contributed by atoms with van der Waals surface area (Å²) in [6.07, 6.45) is 5.53. The fourth-order valence-corrected chi connectivity index (χ4v) is 1.58. The molecule has 0 aliphatic heterocycles. The zero-order chi connectivity index (χ0) is 29.1. The number of allylic oxidation sites excluding steroid dienone is 5. The van der Waals surface area contributed by atoms with Gasteiger partial charge in [0.15, 0.2) is 0 Å². The number of hydrogen-bond acceptors (Lipinski definition) is 0. The van der Waals surface area contributed by atoms with E-state index in [0.29, 0.717) is 0 Å². The summed E-state index contributed by atoms with van der Waals surface area (Å²) >= 11 is 11.6. The lowest BCUT2D eigenvalue weighted by molar-refractivity contribution is 0.886. The topological polar surface area (TPSA) is 0 Å². The maximum Gasteiger partial charge on any atom is 0.0406 e. The third kappa shape index (κ3) is 63.3. The number of halogens is 2. The van der Waals surface area contributed by atoms with Gasteiger partial charge in [-0.05, 0) is 53.5 Å². The van der Waals surface area contributed by atoms with Crippen molar-refractivity contribution in [2.75, 3.05) is 0 Å². The van der Waals surface area contributed by atoms with Gasteiger partial charge in [-0.1, -0.05) is 159 Å². The van der Waals surface area contributed by atoms with E-state index in [9.17, 15) is 0 Å². The molecule has 1 rings (SSSR count). The highest BCUT2D eigenvalue weighted by atomic mass is 35.5. The van der Waals surface area contributed by atoms with Crippen molar-refractivity contribution in [2.24, 2.45) is 0 Å². The first-order valence-corrected chi connectivity index (χ1v) is 14.1. The maximum absolute atomic E-state index is 5.85. The molecule has 0 N–H and O–H groups in total. The molecule has 2 heteroatoms. The smallest absolute Gasteiger partial charge is 0.0406 e. The number of rotatable bonds is 3. The van der Waals surface area contributed by atoms with Crippen molar-refractivity contribution in [1.82, 2.24) is 0 Å². The molecule has 0 atom stereocenters. The van der Waals surface area contributed by atoms with Crippen LogP contribution in [0.5, 0.6) is 0 Å². The van der Waals surface area contributed by atoms with Crippen molar-refractivity contribution >= 4 is 23.2 Å². The van der Waals surface area contributed by atoms with E-state index in [-0.39, 0.29) is 0 Å². The second kappa shape index (κ2) is 49.2. The van der Waals surface area contributed by atoms with E-state index >= 15 is 0 Å². The van der Waals surface area contributed by atoms with Crippen molar-refractivity contribution in [3.05, 3.63) is 69.3 Å². The first-order chi connectivity index (χ1) is 16.0. The Morgan fingerprint density at radius 2 is 0.912 bits per heavy atom. The van der Waals surface area contributed by atoms with E-state index < -0.39 is 0 Å². The summed E-state index contributed by atoms with van der Waals surface area (Å²) in [4.78, 5) is 0. The highest BCUT2D eigenvalue weighted by Crippen LogP contribution is 2.20. The molecule has 0 nitrogen and oxygen atoms in total. The molecule has 0 aliphatic rings. The quantitative estimate of drug-likeness (QED) is 0.275. The Morgan fingerprint density at radius 1 is 0.676 bits per heavy atom. The molecule has 206 valence electrons. The summed E-state index contributed by atoms with van der Waals surface area (Å²) in [7, 11) is 0. The van der Waals surface area contributed by atoms with Crippen LogP contribution >= 0.6 is 23.2 Å². The van der Waals surface area contributed by atoms with Gasteiger partial charge in [-0.2, -0.15) is 0 Å². The van der Waals surface area contributed by atoms with Gasteiger partial charge in [0.1, 0.15) is 0 Å². The van der Waals surface area contributed by atoms with Gasteiger partial charge in [0.2, 0.25) is 0 Å². The second-order valence-corrected chi connectivity index (χ2v) is 7.45. The molecule has 0 saturated heterocycles. The van der Waals surface area contributed by atoms with E-state index in [1.165, 1.54) is 29.5 Å². The molecule has 0 spiro atoms. The predicted molar refractivity (Wildman–Crippen MR) is 171 cm³/mol. The van der Waals surface area contributed by atoms with Gasteiger partial charge < -0.3 is 0 Å². The Hall–Kier alpha value is -0.980. The molecule has 0 aliphatic carbocycles. The highest BCUT2D eigenvalue weighted by Gasteiger charge is 1.96. The third-order valence-corrected chi connectivity index (χ3v) is 3.70. The van der Waals surface area contributed by atoms with Gasteiger partial charge in [0, 0.05) is 10.1 Å². The minimum absolute atomic E-state index is 0.759. The Balaban J connectivity index is -0.0000000544. The molecule has 0 fully saturated rings. The summed E-state index contributed by atoms with van der Waals surface area (Å²) in [6.45, 7) is 37.8. The van der Waals surface area contributed by atoms with Gasteiger partial charge in [-0.25, -0.2) is 0 Å². The fraction of sp³-hybridized carbons (Fsp3) is 0.625. The van der Waals surface area contributed by atoms with Crippen LogP contribution in [-0.2, 0) is 0 Å². The Morgan fingerprint density at radius 3 is 1.06 bits per heavy atom. The minimum atomic E-state index is 0.759. The number of hydrogen-bond donors (Lipinski definition) is 0. The lowest BCUT2D eigenvalue weighted by Crippen LogP contribution is -1.77. The maximum atomic E-state index is 5.85. The number of aryl methyl sites for hydroxylation is 2. The van der Waals surface area contributed by atoms with E-state index in [0.717, 1.165) is 22.1 Å². The molecule has 0 radical (unpaired) electrons. The van der Waals surface area contributed by atoms with Gasteiger partial charge in [0.05, 0.1) is 0 Å². The van der Waals surface area contributed by atoms with E-state index in [1.54, 1.807) is 0 Å². The minimum Gasteiger partial charge on any atom is -0.100 e. The summed E-state index contributed by atoms with van der Waals surface area (Å²) in [6, 6.07) is 8.48. The highest BCUT2D eigenvalue weighted by molar-refractivity contribution is 6.35. The first kappa shape index (κ1) is 50.0. The zero-order valence-electron chi connectivity index (χ0n) is 26.5. The van der Waals surface area contributed by atoms with Crippen LogP contribution in [0, 0.1) is 13.8 Å². The molecule has 1 aromatic carbocycles. The molecular formula is C32H64Cl2. The lowest BCUT2D eigenvalue weighted by atomic mass is 10.2. The molecule has 0 heterocycles. The summed E-state index contributed by atoms with van der Waals surface area (Å²) < 4.78 is 0. The molecule has 0 unspecified atom stereocenters. The van der Waals surface area contributed by atoms with E-state index in [4.69, 9.17) is 23.2 Å². The molecular weight excluding hydrogens is 455 g/mol. The van der Waals surface area contributed by atoms with Crippen molar-refractivity contribution in [1.29, 1.82) is 0 Å². The normalized spacial score (nSPS) is 8.97. The van der Waals surface area contributed by atoms with E-state index in [1.807, 2.05) is 96.1 Å². The van der Waals surface area contributed by atoms with Crippen LogP contribution in [0.15, 0.2) is 58.1 Å². The molecule has 1 aromatic rings. The van der Waals surface area contributed by atoms with Crippen LogP contribution < -0.4 is 0 Å². The SMILES string of the molecule is C=C(C)C.CC.CC.CC.CC.CC/C=C(Cl)\C(C)=C(/C)Cl.CCCC.Cc1ccc(C)cc1. The monoisotopic (exact) mass is 518 g/mol. The Labute approximate surface area is 228 Å². The second-order valence-electron chi connectivity index (χ2n) is 6.48. The van der Waals surface area contributed by atoms with Gasteiger partial charge >= 0.3 is 0 Å². The molecule has 0 bridgehead atoms. The van der Waals surface area contributed by atoms with Gasteiger partial charge in [-0.3, -0.25) is 0 Å². The fourth-order valence-electron chi connectivity index (χ4n) is 1.13. The predicted octanol–water partition coefficient (Wildman–Crippen LogP) is 13.8. The summed E-state index contributed by atoms with van der Waals surface area (Å²) in [5, 5.41) is 1.52. The Kier molecular flexibility index (Phi) is 72.4. The van der Waals surface area contributed by atoms with Crippen molar-refractivity contribution < 1.29 is 0 Å². The van der Waals surface area contributed by atoms with Crippen molar-refractivity contribution in [2.45, 2.75) is 137 Å². The van der Waals surface area contributed by atoms with Crippen LogP contribution in [0.2, 0.25) is 0 Å². The van der Waals surface area contributed by atoms with Crippen LogP contribution in [0.3, 0.4) is 0 Å². The van der Waals surface area contributed by atoms with Crippen LogP contribution in [-0.4, -0.2) is 0 Å².